The maximum atomic E-state index is 12.8. The standard InChI is InChI=1S/C25H24N2O3/c1-25(2,16-26)21-12-11-19(15-20(21)17-8-6-5-7-9-17)27-24(28)18-10-13-22(29-3)23(14-18)30-4/h5-15H,1-4H3,(H,27,28). The number of nitrogens with zero attached hydrogens (tertiary/aromatic N) is 1. The van der Waals surface area contributed by atoms with Gasteiger partial charge in [-0.2, -0.15) is 5.26 Å². The minimum Gasteiger partial charge on any atom is -0.493 e. The Morgan fingerprint density at radius 3 is 2.27 bits per heavy atom. The SMILES string of the molecule is COc1ccc(C(=O)Nc2ccc(C(C)(C)C#N)c(-c3ccccc3)c2)cc1OC. The van der Waals surface area contributed by atoms with E-state index in [9.17, 15) is 10.1 Å². The first-order valence-electron chi connectivity index (χ1n) is 9.54. The number of carbonyl (C=O) groups excluding carboxylic acids is 1. The van der Waals surface area contributed by atoms with Gasteiger partial charge in [-0.15, -0.1) is 0 Å². The van der Waals surface area contributed by atoms with Crippen LogP contribution in [-0.2, 0) is 5.41 Å². The summed E-state index contributed by atoms with van der Waals surface area (Å²) in [5.41, 5.74) is 3.23. The average molecular weight is 400 g/mol. The average Bonchev–Trinajstić information content (AvgIpc) is 2.78. The molecule has 0 saturated carbocycles. The molecular formula is C25H24N2O3. The number of amides is 1. The van der Waals surface area contributed by atoms with Gasteiger partial charge in [0.25, 0.3) is 5.91 Å². The summed E-state index contributed by atoms with van der Waals surface area (Å²) in [5.74, 6) is 0.784. The number of rotatable bonds is 6. The molecule has 1 amide bonds. The van der Waals surface area contributed by atoms with Gasteiger partial charge in [0.15, 0.2) is 11.5 Å². The van der Waals surface area contributed by atoms with Gasteiger partial charge in [-0.3, -0.25) is 4.79 Å². The summed E-state index contributed by atoms with van der Waals surface area (Å²) >= 11 is 0. The Balaban J connectivity index is 1.98. The quantitative estimate of drug-likeness (QED) is 0.599. The van der Waals surface area contributed by atoms with Crippen molar-refractivity contribution in [3.63, 3.8) is 0 Å². The monoisotopic (exact) mass is 400 g/mol. The van der Waals surface area contributed by atoms with Crippen LogP contribution in [-0.4, -0.2) is 20.1 Å². The van der Waals surface area contributed by atoms with Crippen molar-refractivity contribution in [2.24, 2.45) is 0 Å². The molecule has 0 fully saturated rings. The lowest BCUT2D eigenvalue weighted by molar-refractivity contribution is 0.102. The lowest BCUT2D eigenvalue weighted by atomic mass is 9.81. The third-order valence-corrected chi connectivity index (χ3v) is 4.96. The molecule has 5 heteroatoms. The summed E-state index contributed by atoms with van der Waals surface area (Å²) in [6.45, 7) is 3.77. The third kappa shape index (κ3) is 4.28. The fourth-order valence-electron chi connectivity index (χ4n) is 3.26. The Bertz CT molecular complexity index is 1100. The van der Waals surface area contributed by atoms with Crippen molar-refractivity contribution in [2.45, 2.75) is 19.3 Å². The van der Waals surface area contributed by atoms with Crippen LogP contribution in [0.1, 0.15) is 29.8 Å². The van der Waals surface area contributed by atoms with Crippen LogP contribution in [0.4, 0.5) is 5.69 Å². The molecule has 0 spiro atoms. The van der Waals surface area contributed by atoms with Gasteiger partial charge in [0.2, 0.25) is 0 Å². The molecule has 0 aliphatic heterocycles. The zero-order valence-electron chi connectivity index (χ0n) is 17.5. The number of benzene rings is 3. The molecule has 0 aliphatic rings. The molecule has 0 radical (unpaired) electrons. The molecule has 0 aromatic heterocycles. The van der Waals surface area contributed by atoms with Crippen LogP contribution in [0.2, 0.25) is 0 Å². The first-order valence-corrected chi connectivity index (χ1v) is 9.54. The lowest BCUT2D eigenvalue weighted by Gasteiger charge is -2.21. The van der Waals surface area contributed by atoms with E-state index in [1.807, 2.05) is 62.4 Å². The van der Waals surface area contributed by atoms with Crippen LogP contribution in [0, 0.1) is 11.3 Å². The molecule has 0 heterocycles. The molecule has 0 unspecified atom stereocenters. The fraction of sp³-hybridized carbons (Fsp3) is 0.200. The Morgan fingerprint density at radius 1 is 0.933 bits per heavy atom. The zero-order valence-corrected chi connectivity index (χ0v) is 17.5. The number of nitrogens with one attached hydrogen (secondary N) is 1. The minimum absolute atomic E-state index is 0.262. The maximum Gasteiger partial charge on any atom is 0.255 e. The summed E-state index contributed by atoms with van der Waals surface area (Å²) in [6, 6.07) is 22.8. The van der Waals surface area contributed by atoms with E-state index in [1.54, 1.807) is 25.3 Å². The van der Waals surface area contributed by atoms with E-state index < -0.39 is 5.41 Å². The van der Waals surface area contributed by atoms with Crippen molar-refractivity contribution in [2.75, 3.05) is 19.5 Å². The van der Waals surface area contributed by atoms with Gasteiger partial charge in [-0.05, 0) is 60.9 Å². The molecule has 152 valence electrons. The Morgan fingerprint density at radius 2 is 1.63 bits per heavy atom. The predicted octanol–water partition coefficient (Wildman–Crippen LogP) is 5.42. The van der Waals surface area contributed by atoms with Crippen LogP contribution in [0.5, 0.6) is 11.5 Å². The molecule has 3 rings (SSSR count). The van der Waals surface area contributed by atoms with Crippen LogP contribution in [0.25, 0.3) is 11.1 Å². The van der Waals surface area contributed by atoms with E-state index in [2.05, 4.69) is 11.4 Å². The molecule has 3 aromatic carbocycles. The normalized spacial score (nSPS) is 10.8. The number of hydrogen-bond donors (Lipinski definition) is 1. The van der Waals surface area contributed by atoms with Crippen LogP contribution >= 0.6 is 0 Å². The highest BCUT2D eigenvalue weighted by molar-refractivity contribution is 6.05. The summed E-state index contributed by atoms with van der Waals surface area (Å²) < 4.78 is 10.5. The van der Waals surface area contributed by atoms with Crippen molar-refractivity contribution in [3.8, 4) is 28.7 Å². The second-order valence-corrected chi connectivity index (χ2v) is 7.39. The molecule has 5 nitrogen and oxygen atoms in total. The van der Waals surface area contributed by atoms with Crippen molar-refractivity contribution in [1.29, 1.82) is 5.26 Å². The van der Waals surface area contributed by atoms with Crippen molar-refractivity contribution in [3.05, 3.63) is 77.9 Å². The molecular weight excluding hydrogens is 376 g/mol. The molecule has 0 aliphatic carbocycles. The van der Waals surface area contributed by atoms with Gasteiger partial charge < -0.3 is 14.8 Å². The Hall–Kier alpha value is -3.78. The first kappa shape index (κ1) is 20.9. The lowest BCUT2D eigenvalue weighted by Crippen LogP contribution is -2.16. The van der Waals surface area contributed by atoms with E-state index in [1.165, 1.54) is 7.11 Å². The van der Waals surface area contributed by atoms with Gasteiger partial charge in [-0.25, -0.2) is 0 Å². The van der Waals surface area contributed by atoms with Gasteiger partial charge in [-0.1, -0.05) is 36.4 Å². The highest BCUT2D eigenvalue weighted by atomic mass is 16.5. The highest BCUT2D eigenvalue weighted by Gasteiger charge is 2.24. The Kier molecular flexibility index (Phi) is 6.08. The largest absolute Gasteiger partial charge is 0.493 e. The van der Waals surface area contributed by atoms with E-state index in [0.717, 1.165) is 16.7 Å². The summed E-state index contributed by atoms with van der Waals surface area (Å²) in [6.07, 6.45) is 0. The molecule has 1 N–H and O–H groups in total. The molecule has 30 heavy (non-hydrogen) atoms. The highest BCUT2D eigenvalue weighted by Crippen LogP contribution is 2.35. The van der Waals surface area contributed by atoms with Crippen LogP contribution in [0.15, 0.2) is 66.7 Å². The number of anilines is 1. The first-order chi connectivity index (χ1) is 14.4. The van der Waals surface area contributed by atoms with Crippen molar-refractivity contribution < 1.29 is 14.3 Å². The topological polar surface area (TPSA) is 71.3 Å². The number of carbonyl (C=O) groups is 1. The Labute approximate surface area is 176 Å². The van der Waals surface area contributed by atoms with E-state index in [-0.39, 0.29) is 5.91 Å². The summed E-state index contributed by atoms with van der Waals surface area (Å²) in [5, 5.41) is 12.6. The third-order valence-electron chi connectivity index (χ3n) is 4.96. The zero-order chi connectivity index (χ0) is 21.7. The van der Waals surface area contributed by atoms with Gasteiger partial charge in [0.1, 0.15) is 0 Å². The maximum absolute atomic E-state index is 12.8. The number of hydrogen-bond acceptors (Lipinski definition) is 4. The second kappa shape index (κ2) is 8.71. The molecule has 0 bridgehead atoms. The van der Waals surface area contributed by atoms with E-state index >= 15 is 0 Å². The van der Waals surface area contributed by atoms with Crippen molar-refractivity contribution in [1.82, 2.24) is 0 Å². The van der Waals surface area contributed by atoms with Gasteiger partial charge in [0, 0.05) is 11.3 Å². The van der Waals surface area contributed by atoms with Gasteiger partial charge >= 0.3 is 0 Å². The molecule has 3 aromatic rings. The molecule has 0 atom stereocenters. The smallest absolute Gasteiger partial charge is 0.255 e. The van der Waals surface area contributed by atoms with Crippen LogP contribution in [0.3, 0.4) is 0 Å². The molecule has 0 saturated heterocycles. The fourth-order valence-corrected chi connectivity index (χ4v) is 3.26. The summed E-state index contributed by atoms with van der Waals surface area (Å²) in [7, 11) is 3.08. The minimum atomic E-state index is -0.670. The second-order valence-electron chi connectivity index (χ2n) is 7.39. The van der Waals surface area contributed by atoms with E-state index in [4.69, 9.17) is 9.47 Å². The predicted molar refractivity (Wildman–Crippen MR) is 118 cm³/mol. The summed E-state index contributed by atoms with van der Waals surface area (Å²) in [4.78, 5) is 12.8. The van der Waals surface area contributed by atoms with Crippen molar-refractivity contribution >= 4 is 11.6 Å². The number of methoxy groups -OCH3 is 2. The van der Waals surface area contributed by atoms with Crippen LogP contribution < -0.4 is 14.8 Å². The number of nitriles is 1. The van der Waals surface area contributed by atoms with Gasteiger partial charge in [0.05, 0.1) is 25.7 Å². The van der Waals surface area contributed by atoms with E-state index in [0.29, 0.717) is 22.7 Å². The number of ether oxygens (including phenoxy) is 2.